The highest BCUT2D eigenvalue weighted by molar-refractivity contribution is 9.10. The van der Waals surface area contributed by atoms with Gasteiger partial charge in [-0.25, -0.2) is 0 Å². The predicted octanol–water partition coefficient (Wildman–Crippen LogP) is 3.20. The van der Waals surface area contributed by atoms with Gasteiger partial charge >= 0.3 is 0 Å². The molecule has 1 aromatic rings. The van der Waals surface area contributed by atoms with E-state index in [1.165, 1.54) is 4.88 Å². The number of rotatable bonds is 7. The number of halogens is 1. The quantitative estimate of drug-likeness (QED) is 0.783. The molecule has 15 heavy (non-hydrogen) atoms. The van der Waals surface area contributed by atoms with Crippen molar-refractivity contribution in [1.29, 1.82) is 0 Å². The number of hydrogen-bond acceptors (Lipinski definition) is 3. The molecule has 4 heteroatoms. The smallest absolute Gasteiger partial charge is 0.0480 e. The van der Waals surface area contributed by atoms with Crippen molar-refractivity contribution in [1.82, 2.24) is 0 Å². The van der Waals surface area contributed by atoms with Crippen LogP contribution in [0.15, 0.2) is 15.9 Å². The fourth-order valence-corrected chi connectivity index (χ4v) is 2.85. The Hall–Kier alpha value is 0.1000. The Kier molecular flexibility index (Phi) is 6.48. The summed E-state index contributed by atoms with van der Waals surface area (Å²) in [6.45, 7) is 3.74. The molecule has 0 aliphatic carbocycles. The molecule has 0 aliphatic heterocycles. The van der Waals surface area contributed by atoms with Crippen molar-refractivity contribution in [2.75, 3.05) is 13.2 Å². The van der Waals surface area contributed by atoms with Crippen LogP contribution in [0.4, 0.5) is 0 Å². The summed E-state index contributed by atoms with van der Waals surface area (Å²) in [5, 5.41) is 2.09. The standard InChI is InChI=1S/C11H18BrNOS/c1-2-4-14-5-3-10(13)7-11-6-9(12)8-15-11/h6,8,10H,2-5,7,13H2,1H3. The van der Waals surface area contributed by atoms with Gasteiger partial charge in [-0.1, -0.05) is 6.92 Å². The van der Waals surface area contributed by atoms with Crippen molar-refractivity contribution in [3.05, 3.63) is 20.8 Å². The monoisotopic (exact) mass is 291 g/mol. The number of thiophene rings is 1. The fraction of sp³-hybridized carbons (Fsp3) is 0.636. The molecule has 1 unspecified atom stereocenters. The lowest BCUT2D eigenvalue weighted by Crippen LogP contribution is -2.24. The maximum Gasteiger partial charge on any atom is 0.0480 e. The molecular weight excluding hydrogens is 274 g/mol. The normalized spacial score (nSPS) is 13.0. The lowest BCUT2D eigenvalue weighted by molar-refractivity contribution is 0.128. The Morgan fingerprint density at radius 2 is 2.33 bits per heavy atom. The maximum atomic E-state index is 6.01. The fourth-order valence-electron chi connectivity index (χ4n) is 1.30. The number of ether oxygens (including phenoxy) is 1. The Bertz CT molecular complexity index is 277. The van der Waals surface area contributed by atoms with Crippen molar-refractivity contribution in [3.8, 4) is 0 Å². The molecule has 0 saturated carbocycles. The van der Waals surface area contributed by atoms with E-state index in [-0.39, 0.29) is 6.04 Å². The van der Waals surface area contributed by atoms with Crippen molar-refractivity contribution in [3.63, 3.8) is 0 Å². The lowest BCUT2D eigenvalue weighted by atomic mass is 10.1. The molecule has 86 valence electrons. The maximum absolute atomic E-state index is 6.01. The van der Waals surface area contributed by atoms with E-state index < -0.39 is 0 Å². The Morgan fingerprint density at radius 3 is 2.93 bits per heavy atom. The first kappa shape index (κ1) is 13.2. The van der Waals surface area contributed by atoms with E-state index in [1.807, 2.05) is 0 Å². The van der Waals surface area contributed by atoms with Crippen LogP contribution in [0.1, 0.15) is 24.6 Å². The molecule has 0 aliphatic rings. The van der Waals surface area contributed by atoms with Crippen LogP contribution in [0, 0.1) is 0 Å². The second-order valence-corrected chi connectivity index (χ2v) is 5.51. The Labute approximate surface area is 104 Å². The van der Waals surface area contributed by atoms with Gasteiger partial charge in [0.2, 0.25) is 0 Å². The topological polar surface area (TPSA) is 35.2 Å². The molecule has 1 aromatic heterocycles. The zero-order chi connectivity index (χ0) is 11.1. The third-order valence-electron chi connectivity index (χ3n) is 2.07. The average molecular weight is 292 g/mol. The van der Waals surface area contributed by atoms with Crippen molar-refractivity contribution >= 4 is 27.3 Å². The van der Waals surface area contributed by atoms with E-state index in [9.17, 15) is 0 Å². The molecule has 0 amide bonds. The molecule has 1 atom stereocenters. The molecule has 0 aromatic carbocycles. The lowest BCUT2D eigenvalue weighted by Gasteiger charge is -2.10. The van der Waals surface area contributed by atoms with Crippen LogP contribution in [-0.2, 0) is 11.2 Å². The summed E-state index contributed by atoms with van der Waals surface area (Å²) in [6.07, 6.45) is 2.97. The molecule has 1 heterocycles. The first-order chi connectivity index (χ1) is 7.22. The molecule has 0 spiro atoms. The number of hydrogen-bond donors (Lipinski definition) is 1. The largest absolute Gasteiger partial charge is 0.381 e. The van der Waals surface area contributed by atoms with Gasteiger partial charge in [0, 0.05) is 34.0 Å². The minimum Gasteiger partial charge on any atom is -0.381 e. The second-order valence-electron chi connectivity index (χ2n) is 3.60. The SMILES string of the molecule is CCCOCCC(N)Cc1cc(Br)cs1. The molecule has 0 saturated heterocycles. The van der Waals surface area contributed by atoms with Crippen LogP contribution in [0.5, 0.6) is 0 Å². The van der Waals surface area contributed by atoms with Crippen LogP contribution in [-0.4, -0.2) is 19.3 Å². The average Bonchev–Trinajstić information content (AvgIpc) is 2.59. The van der Waals surface area contributed by atoms with E-state index in [2.05, 4.69) is 34.3 Å². The molecule has 0 fully saturated rings. The van der Waals surface area contributed by atoms with Gasteiger partial charge < -0.3 is 10.5 Å². The third-order valence-corrected chi connectivity index (χ3v) is 3.79. The van der Waals surface area contributed by atoms with Crippen LogP contribution in [0.25, 0.3) is 0 Å². The summed E-state index contributed by atoms with van der Waals surface area (Å²) in [6, 6.07) is 2.35. The molecule has 2 nitrogen and oxygen atoms in total. The van der Waals surface area contributed by atoms with Crippen LogP contribution in [0.2, 0.25) is 0 Å². The van der Waals surface area contributed by atoms with Crippen LogP contribution < -0.4 is 5.73 Å². The van der Waals surface area contributed by atoms with E-state index in [0.717, 1.165) is 36.9 Å². The molecule has 1 rings (SSSR count). The highest BCUT2D eigenvalue weighted by Crippen LogP contribution is 2.21. The van der Waals surface area contributed by atoms with Gasteiger partial charge in [-0.15, -0.1) is 11.3 Å². The molecule has 2 N–H and O–H groups in total. The summed E-state index contributed by atoms with van der Waals surface area (Å²) < 4.78 is 6.56. The summed E-state index contributed by atoms with van der Waals surface area (Å²) in [7, 11) is 0. The van der Waals surface area contributed by atoms with Gasteiger partial charge in [0.25, 0.3) is 0 Å². The van der Waals surface area contributed by atoms with Crippen LogP contribution >= 0.6 is 27.3 Å². The van der Waals surface area contributed by atoms with E-state index in [0.29, 0.717) is 0 Å². The van der Waals surface area contributed by atoms with Crippen molar-refractivity contribution < 1.29 is 4.74 Å². The van der Waals surface area contributed by atoms with Gasteiger partial charge in [-0.05, 0) is 41.3 Å². The molecule has 0 radical (unpaired) electrons. The van der Waals surface area contributed by atoms with Gasteiger partial charge in [0.15, 0.2) is 0 Å². The van der Waals surface area contributed by atoms with Crippen molar-refractivity contribution in [2.45, 2.75) is 32.2 Å². The first-order valence-electron chi connectivity index (χ1n) is 5.28. The summed E-state index contributed by atoms with van der Waals surface area (Å²) in [5.41, 5.74) is 6.01. The highest BCUT2D eigenvalue weighted by atomic mass is 79.9. The minimum absolute atomic E-state index is 0.215. The van der Waals surface area contributed by atoms with E-state index in [4.69, 9.17) is 10.5 Å². The zero-order valence-corrected chi connectivity index (χ0v) is 11.4. The summed E-state index contributed by atoms with van der Waals surface area (Å²) in [5.74, 6) is 0. The number of nitrogens with two attached hydrogens (primary N) is 1. The highest BCUT2D eigenvalue weighted by Gasteiger charge is 2.05. The Morgan fingerprint density at radius 1 is 1.53 bits per heavy atom. The predicted molar refractivity (Wildman–Crippen MR) is 69.4 cm³/mol. The van der Waals surface area contributed by atoms with Gasteiger partial charge in [-0.2, -0.15) is 0 Å². The molecular formula is C11H18BrNOS. The first-order valence-corrected chi connectivity index (χ1v) is 6.96. The van der Waals surface area contributed by atoms with E-state index >= 15 is 0 Å². The van der Waals surface area contributed by atoms with Gasteiger partial charge in [0.1, 0.15) is 0 Å². The molecule has 0 bridgehead atoms. The summed E-state index contributed by atoms with van der Waals surface area (Å²) >= 11 is 5.19. The minimum atomic E-state index is 0.215. The van der Waals surface area contributed by atoms with Gasteiger partial charge in [0.05, 0.1) is 0 Å². The Balaban J connectivity index is 2.15. The third kappa shape index (κ3) is 5.66. The van der Waals surface area contributed by atoms with E-state index in [1.54, 1.807) is 11.3 Å². The van der Waals surface area contributed by atoms with Crippen LogP contribution in [0.3, 0.4) is 0 Å². The van der Waals surface area contributed by atoms with Gasteiger partial charge in [-0.3, -0.25) is 0 Å². The zero-order valence-electron chi connectivity index (χ0n) is 9.04. The second kappa shape index (κ2) is 7.39. The summed E-state index contributed by atoms with van der Waals surface area (Å²) in [4.78, 5) is 1.34. The van der Waals surface area contributed by atoms with Crippen molar-refractivity contribution in [2.24, 2.45) is 5.73 Å².